The summed E-state index contributed by atoms with van der Waals surface area (Å²) in [4.78, 5) is 32.8. The van der Waals surface area contributed by atoms with Crippen LogP contribution in [0.3, 0.4) is 0 Å². The molecule has 4 aromatic rings. The minimum atomic E-state index is -4.64. The summed E-state index contributed by atoms with van der Waals surface area (Å²) < 4.78 is 46.9. The number of anilines is 1. The number of benzene rings is 2. The normalized spacial score (nSPS) is 11.4. The van der Waals surface area contributed by atoms with Crippen LogP contribution in [-0.4, -0.2) is 32.9 Å². The highest BCUT2D eigenvalue weighted by molar-refractivity contribution is 6.31. The van der Waals surface area contributed by atoms with E-state index in [0.717, 1.165) is 25.1 Å². The summed E-state index contributed by atoms with van der Waals surface area (Å²) in [7, 11) is 0. The molecule has 0 aliphatic carbocycles. The Kier molecular flexibility index (Phi) is 9.18. The second-order valence-corrected chi connectivity index (χ2v) is 8.88. The Morgan fingerprint density at radius 1 is 1.05 bits per heavy atom. The lowest BCUT2D eigenvalue weighted by Gasteiger charge is -2.11. The number of aryl methyl sites for hydroxylation is 1. The van der Waals surface area contributed by atoms with E-state index in [0.29, 0.717) is 23.6 Å². The van der Waals surface area contributed by atoms with Gasteiger partial charge in [-0.25, -0.2) is 4.98 Å². The van der Waals surface area contributed by atoms with E-state index < -0.39 is 22.7 Å². The molecule has 2 N–H and O–H groups in total. The van der Waals surface area contributed by atoms with Crippen molar-refractivity contribution in [2.45, 2.75) is 19.1 Å². The monoisotopic (exact) mass is 569 g/mol. The number of nitrogens with zero attached hydrogens (tertiary/aromatic N) is 3. The summed E-state index contributed by atoms with van der Waals surface area (Å²) >= 11 is 5.61. The van der Waals surface area contributed by atoms with Crippen LogP contribution in [0.25, 0.3) is 6.08 Å². The second kappa shape index (κ2) is 12.9. The summed E-state index contributed by atoms with van der Waals surface area (Å²) in [6.45, 7) is 1.19. The van der Waals surface area contributed by atoms with Crippen molar-refractivity contribution in [3.05, 3.63) is 107 Å². The van der Waals surface area contributed by atoms with E-state index in [9.17, 15) is 22.8 Å². The summed E-state index contributed by atoms with van der Waals surface area (Å²) in [6.07, 6.45) is 5.46. The molecule has 0 fully saturated rings. The van der Waals surface area contributed by atoms with Gasteiger partial charge in [-0.05, 0) is 54.5 Å². The molecule has 8 nitrogen and oxygen atoms in total. The number of amides is 2. The highest BCUT2D eigenvalue weighted by Crippen LogP contribution is 2.36. The summed E-state index contributed by atoms with van der Waals surface area (Å²) in [5, 5.41) is 4.75. The van der Waals surface area contributed by atoms with E-state index in [1.807, 2.05) is 10.8 Å². The van der Waals surface area contributed by atoms with E-state index in [-0.39, 0.29) is 17.3 Å². The van der Waals surface area contributed by atoms with Crippen molar-refractivity contribution in [2.75, 3.05) is 11.9 Å². The molecule has 0 spiro atoms. The number of ether oxygens (including phenoxy) is 1. The van der Waals surface area contributed by atoms with Crippen molar-refractivity contribution in [2.24, 2.45) is 0 Å². The van der Waals surface area contributed by atoms with Gasteiger partial charge >= 0.3 is 6.18 Å². The molecule has 0 saturated heterocycles. The molecule has 0 saturated carbocycles. The molecule has 2 aromatic heterocycles. The Bertz CT molecular complexity index is 1510. The smallest absolute Gasteiger partial charge is 0.417 e. The number of nitrogens with one attached hydrogen (secondary N) is 2. The van der Waals surface area contributed by atoms with Crippen LogP contribution in [0.15, 0.2) is 85.6 Å². The molecule has 0 unspecified atom stereocenters. The maximum Gasteiger partial charge on any atom is 0.417 e. The van der Waals surface area contributed by atoms with Crippen LogP contribution in [0.1, 0.15) is 28.0 Å². The number of carbonyl (C=O) groups is 2. The number of carbonyl (C=O) groups excluding carboxylic acids is 2. The minimum absolute atomic E-state index is 0.0424. The molecule has 0 bridgehead atoms. The van der Waals surface area contributed by atoms with Gasteiger partial charge in [0.15, 0.2) is 0 Å². The number of hydrogen-bond donors (Lipinski definition) is 2. The zero-order valence-corrected chi connectivity index (χ0v) is 21.6. The third kappa shape index (κ3) is 8.18. The fraction of sp³-hybridized carbons (Fsp3) is 0.143. The van der Waals surface area contributed by atoms with E-state index in [1.165, 1.54) is 30.5 Å². The first-order valence-corrected chi connectivity index (χ1v) is 12.4. The maximum absolute atomic E-state index is 13.0. The van der Waals surface area contributed by atoms with Crippen molar-refractivity contribution in [1.29, 1.82) is 0 Å². The number of halogens is 4. The van der Waals surface area contributed by atoms with E-state index in [1.54, 1.807) is 42.9 Å². The second-order valence-electron chi connectivity index (χ2n) is 8.48. The molecule has 2 amide bonds. The van der Waals surface area contributed by atoms with Gasteiger partial charge < -0.3 is 19.9 Å². The first kappa shape index (κ1) is 28.4. The van der Waals surface area contributed by atoms with Crippen LogP contribution in [0.4, 0.5) is 18.9 Å². The molecule has 0 atom stereocenters. The van der Waals surface area contributed by atoms with Crippen LogP contribution in [0.5, 0.6) is 11.5 Å². The van der Waals surface area contributed by atoms with Gasteiger partial charge in [-0.15, -0.1) is 0 Å². The van der Waals surface area contributed by atoms with Gasteiger partial charge in [0.1, 0.15) is 17.2 Å². The summed E-state index contributed by atoms with van der Waals surface area (Å²) in [5.41, 5.74) is -0.282. The van der Waals surface area contributed by atoms with Crippen LogP contribution < -0.4 is 15.4 Å². The highest BCUT2D eigenvalue weighted by Gasteiger charge is 2.33. The van der Waals surface area contributed by atoms with Crippen molar-refractivity contribution in [1.82, 2.24) is 19.9 Å². The largest absolute Gasteiger partial charge is 0.457 e. The molecular formula is C28H23ClF3N5O3. The number of hydrogen-bond acceptors (Lipinski definition) is 5. The Labute approximate surface area is 232 Å². The predicted octanol–water partition coefficient (Wildman–Crippen LogP) is 6.21. The Morgan fingerprint density at radius 2 is 1.88 bits per heavy atom. The van der Waals surface area contributed by atoms with E-state index in [2.05, 4.69) is 20.6 Å². The third-order valence-corrected chi connectivity index (χ3v) is 5.79. The van der Waals surface area contributed by atoms with Gasteiger partial charge in [0.25, 0.3) is 5.91 Å². The average molecular weight is 570 g/mol. The number of rotatable bonds is 10. The number of pyridine rings is 1. The average Bonchev–Trinajstić information content (AvgIpc) is 3.44. The molecule has 12 heteroatoms. The van der Waals surface area contributed by atoms with Crippen molar-refractivity contribution in [3.63, 3.8) is 0 Å². The first-order chi connectivity index (χ1) is 19.2. The fourth-order valence-corrected chi connectivity index (χ4v) is 3.79. The van der Waals surface area contributed by atoms with Crippen LogP contribution in [0, 0.1) is 0 Å². The molecular weight excluding hydrogens is 547 g/mol. The molecule has 4 rings (SSSR count). The zero-order valence-electron chi connectivity index (χ0n) is 20.9. The first-order valence-electron chi connectivity index (χ1n) is 12.0. The number of alkyl halides is 3. The van der Waals surface area contributed by atoms with Gasteiger partial charge in [-0.2, -0.15) is 13.2 Å². The predicted molar refractivity (Wildman–Crippen MR) is 144 cm³/mol. The number of aromatic nitrogens is 3. The van der Waals surface area contributed by atoms with Gasteiger partial charge in [0, 0.05) is 49.5 Å². The van der Waals surface area contributed by atoms with Gasteiger partial charge in [-0.3, -0.25) is 14.6 Å². The van der Waals surface area contributed by atoms with E-state index in [4.69, 9.17) is 16.3 Å². The quantitative estimate of drug-likeness (QED) is 0.175. The van der Waals surface area contributed by atoms with Gasteiger partial charge in [-0.1, -0.05) is 23.7 Å². The van der Waals surface area contributed by atoms with Gasteiger partial charge in [0.2, 0.25) is 5.91 Å². The Hall–Kier alpha value is -4.64. The Balaban J connectivity index is 1.33. The molecule has 0 radical (unpaired) electrons. The lowest BCUT2D eigenvalue weighted by Crippen LogP contribution is -2.26. The standard InChI is InChI=1S/C28H23ClF3N5O3/c29-24-7-6-20(16-23(24)28(30,31)32)36-26(38)8-5-19-3-1-4-21(15-19)40-22-9-11-34-25(17-22)27(39)35-10-2-13-37-14-12-33-18-37/h1,3-9,11-12,14-18H,2,10,13H2,(H,35,39)(H,36,38). The maximum atomic E-state index is 13.0. The van der Waals surface area contributed by atoms with Crippen molar-refractivity contribution < 1.29 is 27.5 Å². The third-order valence-electron chi connectivity index (χ3n) is 5.46. The molecule has 40 heavy (non-hydrogen) atoms. The lowest BCUT2D eigenvalue weighted by atomic mass is 10.2. The lowest BCUT2D eigenvalue weighted by molar-refractivity contribution is -0.137. The summed E-state index contributed by atoms with van der Waals surface area (Å²) in [5.74, 6) is -0.132. The SMILES string of the molecule is O=C(C=Cc1cccc(Oc2ccnc(C(=O)NCCCn3ccnc3)c2)c1)Nc1ccc(Cl)c(C(F)(F)F)c1. The molecule has 0 aliphatic heterocycles. The van der Waals surface area contributed by atoms with Crippen LogP contribution in [0.2, 0.25) is 5.02 Å². The van der Waals surface area contributed by atoms with Crippen LogP contribution in [-0.2, 0) is 17.5 Å². The molecule has 206 valence electrons. The van der Waals surface area contributed by atoms with Crippen LogP contribution >= 0.6 is 11.6 Å². The number of imidazole rings is 1. The molecule has 2 heterocycles. The van der Waals surface area contributed by atoms with E-state index >= 15 is 0 Å². The van der Waals surface area contributed by atoms with Gasteiger partial charge in [0.05, 0.1) is 16.9 Å². The highest BCUT2D eigenvalue weighted by atomic mass is 35.5. The fourth-order valence-electron chi connectivity index (χ4n) is 3.57. The van der Waals surface area contributed by atoms with Crippen molar-refractivity contribution in [3.8, 4) is 11.5 Å². The van der Waals surface area contributed by atoms with Crippen molar-refractivity contribution >= 4 is 35.2 Å². The minimum Gasteiger partial charge on any atom is -0.457 e. The topological polar surface area (TPSA) is 98.1 Å². The molecule has 0 aliphatic rings. The molecule has 2 aromatic carbocycles. The summed E-state index contributed by atoms with van der Waals surface area (Å²) in [6, 6.07) is 13.0. The zero-order chi connectivity index (χ0) is 28.5. The Morgan fingerprint density at radius 3 is 2.65 bits per heavy atom.